The number of amides is 1. The van der Waals surface area contributed by atoms with Gasteiger partial charge in [-0.05, 0) is 38.0 Å². The zero-order valence-electron chi connectivity index (χ0n) is 17.1. The molecule has 4 rings (SSSR count). The number of hydrogen-bond acceptors (Lipinski definition) is 5. The first-order chi connectivity index (χ1) is 14.4. The van der Waals surface area contributed by atoms with Crippen LogP contribution in [0.25, 0.3) is 11.2 Å². The zero-order valence-corrected chi connectivity index (χ0v) is 17.1. The van der Waals surface area contributed by atoms with E-state index < -0.39 is 5.82 Å². The predicted octanol–water partition coefficient (Wildman–Crippen LogP) is 4.01. The third-order valence-corrected chi connectivity index (χ3v) is 5.77. The van der Waals surface area contributed by atoms with E-state index in [9.17, 15) is 9.18 Å². The summed E-state index contributed by atoms with van der Waals surface area (Å²) < 4.78 is 13.5. The minimum absolute atomic E-state index is 0.0977. The van der Waals surface area contributed by atoms with E-state index in [0.717, 1.165) is 25.7 Å². The van der Waals surface area contributed by atoms with Crippen molar-refractivity contribution in [1.82, 2.24) is 20.3 Å². The van der Waals surface area contributed by atoms with Crippen molar-refractivity contribution in [3.8, 4) is 0 Å². The van der Waals surface area contributed by atoms with Gasteiger partial charge in [0.05, 0.1) is 17.5 Å². The molecule has 0 atom stereocenters. The van der Waals surface area contributed by atoms with Crippen molar-refractivity contribution in [2.24, 2.45) is 0 Å². The summed E-state index contributed by atoms with van der Waals surface area (Å²) in [5.74, 6) is -0.584. The fourth-order valence-electron chi connectivity index (χ4n) is 4.06. The molecule has 1 fully saturated rings. The monoisotopic (exact) mass is 408 g/mol. The van der Waals surface area contributed by atoms with Crippen LogP contribution in [0.2, 0.25) is 0 Å². The van der Waals surface area contributed by atoms with Gasteiger partial charge < -0.3 is 15.6 Å². The lowest BCUT2D eigenvalue weighted by Gasteiger charge is -2.34. The highest BCUT2D eigenvalue weighted by Crippen LogP contribution is 2.28. The molecule has 0 radical (unpaired) electrons. The van der Waals surface area contributed by atoms with Gasteiger partial charge in [0.1, 0.15) is 17.0 Å². The van der Waals surface area contributed by atoms with Crippen LogP contribution < -0.4 is 10.6 Å². The summed E-state index contributed by atoms with van der Waals surface area (Å²) in [6.45, 7) is 2.08. The third-order valence-electron chi connectivity index (χ3n) is 5.77. The molecule has 3 aromatic rings. The summed E-state index contributed by atoms with van der Waals surface area (Å²) in [5, 5.41) is 14.6. The lowest BCUT2D eigenvalue weighted by Crippen LogP contribution is -2.47. The van der Waals surface area contributed by atoms with Gasteiger partial charge in [0, 0.05) is 30.0 Å². The Hall–Kier alpha value is -3.29. The molecular weight excluding hydrogens is 383 g/mol. The largest absolute Gasteiger partial charge is 0.387 e. The van der Waals surface area contributed by atoms with Gasteiger partial charge in [0.25, 0.3) is 5.91 Å². The fourth-order valence-corrected chi connectivity index (χ4v) is 4.06. The van der Waals surface area contributed by atoms with Crippen LogP contribution in [0, 0.1) is 11.2 Å². The normalized spacial score (nSPS) is 15.7. The Bertz CT molecular complexity index is 1120. The third kappa shape index (κ3) is 3.77. The SMILES string of the molecule is CNc1cc(F)ccc1C(=N)c1cnc2[nH]cc(C(=O)NC3(C)CCCCC3)c2n1. The summed E-state index contributed by atoms with van der Waals surface area (Å²) in [6, 6.07) is 4.16. The van der Waals surface area contributed by atoms with Crippen molar-refractivity contribution >= 4 is 28.5 Å². The molecule has 7 nitrogen and oxygen atoms in total. The lowest BCUT2D eigenvalue weighted by molar-refractivity contribution is 0.0884. The highest BCUT2D eigenvalue weighted by atomic mass is 19.1. The smallest absolute Gasteiger partial charge is 0.255 e. The first-order valence-corrected chi connectivity index (χ1v) is 10.1. The number of hydrogen-bond donors (Lipinski definition) is 4. The molecule has 30 heavy (non-hydrogen) atoms. The van der Waals surface area contributed by atoms with E-state index in [-0.39, 0.29) is 17.2 Å². The molecule has 0 saturated heterocycles. The predicted molar refractivity (Wildman–Crippen MR) is 115 cm³/mol. The van der Waals surface area contributed by atoms with Crippen LogP contribution in [0.5, 0.6) is 0 Å². The number of H-pyrrole nitrogens is 1. The number of benzene rings is 1. The first-order valence-electron chi connectivity index (χ1n) is 10.1. The van der Waals surface area contributed by atoms with E-state index >= 15 is 0 Å². The van der Waals surface area contributed by atoms with Gasteiger partial charge in [-0.2, -0.15) is 0 Å². The number of fused-ring (bicyclic) bond motifs is 1. The summed E-state index contributed by atoms with van der Waals surface area (Å²) in [6.07, 6.45) is 8.42. The van der Waals surface area contributed by atoms with Gasteiger partial charge in [-0.25, -0.2) is 14.4 Å². The number of carbonyl (C=O) groups is 1. The van der Waals surface area contributed by atoms with Crippen molar-refractivity contribution in [2.45, 2.75) is 44.6 Å². The molecule has 1 aliphatic rings. The second-order valence-corrected chi connectivity index (χ2v) is 8.05. The highest BCUT2D eigenvalue weighted by Gasteiger charge is 2.30. The van der Waals surface area contributed by atoms with Crippen molar-refractivity contribution < 1.29 is 9.18 Å². The molecule has 156 valence electrons. The van der Waals surface area contributed by atoms with Gasteiger partial charge in [0.15, 0.2) is 5.65 Å². The second-order valence-electron chi connectivity index (χ2n) is 8.05. The minimum Gasteiger partial charge on any atom is -0.387 e. The van der Waals surface area contributed by atoms with Gasteiger partial charge in [-0.15, -0.1) is 0 Å². The topological polar surface area (TPSA) is 107 Å². The second kappa shape index (κ2) is 7.85. The number of nitrogens with one attached hydrogen (secondary N) is 4. The molecular formula is C22H25FN6O. The average Bonchev–Trinajstić information content (AvgIpc) is 3.16. The maximum atomic E-state index is 13.5. The summed E-state index contributed by atoms with van der Waals surface area (Å²) in [4.78, 5) is 24.8. The Balaban J connectivity index is 1.66. The van der Waals surface area contributed by atoms with E-state index in [4.69, 9.17) is 5.41 Å². The average molecular weight is 408 g/mol. The molecule has 8 heteroatoms. The Morgan fingerprint density at radius 2 is 2.00 bits per heavy atom. The van der Waals surface area contributed by atoms with Crippen molar-refractivity contribution in [2.75, 3.05) is 12.4 Å². The summed E-state index contributed by atoms with van der Waals surface area (Å²) in [5.41, 5.74) is 2.49. The molecule has 1 aromatic carbocycles. The Labute approximate surface area is 174 Å². The van der Waals surface area contributed by atoms with Gasteiger partial charge in [0.2, 0.25) is 0 Å². The molecule has 0 bridgehead atoms. The number of aromatic amines is 1. The number of halogens is 1. The van der Waals surface area contributed by atoms with E-state index in [0.29, 0.717) is 33.7 Å². The zero-order chi connectivity index (χ0) is 21.3. The molecule has 0 aliphatic heterocycles. The van der Waals surface area contributed by atoms with Crippen LogP contribution in [0.3, 0.4) is 0 Å². The van der Waals surface area contributed by atoms with E-state index in [1.54, 1.807) is 13.2 Å². The van der Waals surface area contributed by atoms with E-state index in [1.807, 2.05) is 0 Å². The number of carbonyl (C=O) groups excluding carboxylic acids is 1. The van der Waals surface area contributed by atoms with E-state index in [1.165, 1.54) is 30.8 Å². The number of rotatable bonds is 5. The molecule has 2 heterocycles. The summed E-state index contributed by atoms with van der Waals surface area (Å²) in [7, 11) is 1.67. The van der Waals surface area contributed by atoms with Gasteiger partial charge in [-0.1, -0.05) is 19.3 Å². The lowest BCUT2D eigenvalue weighted by atomic mass is 9.83. The van der Waals surface area contributed by atoms with Gasteiger partial charge in [-0.3, -0.25) is 10.2 Å². The number of anilines is 1. The van der Waals surface area contributed by atoms with Crippen LogP contribution in [0.15, 0.2) is 30.6 Å². The fraction of sp³-hybridized carbons (Fsp3) is 0.364. The van der Waals surface area contributed by atoms with Crippen molar-refractivity contribution in [3.05, 3.63) is 53.2 Å². The van der Waals surface area contributed by atoms with Crippen LogP contribution in [-0.2, 0) is 0 Å². The standard InChI is InChI=1S/C22H25FN6O/c1-22(8-4-3-5-9-22)29-21(30)15-11-26-20-19(15)28-17(12-27-20)18(24)14-7-6-13(23)10-16(14)25-2/h6-7,10-12,24-25H,3-5,8-9H2,1-2H3,(H,26,27)(H,29,30). The Morgan fingerprint density at radius 3 is 2.73 bits per heavy atom. The summed E-state index contributed by atoms with van der Waals surface area (Å²) >= 11 is 0. The first kappa shape index (κ1) is 20.0. The van der Waals surface area contributed by atoms with Crippen LogP contribution in [0.1, 0.15) is 60.6 Å². The van der Waals surface area contributed by atoms with Crippen LogP contribution >= 0.6 is 0 Å². The van der Waals surface area contributed by atoms with Crippen molar-refractivity contribution in [1.29, 1.82) is 5.41 Å². The molecule has 1 saturated carbocycles. The molecule has 0 unspecified atom stereocenters. The number of nitrogens with zero attached hydrogens (tertiary/aromatic N) is 2. The van der Waals surface area contributed by atoms with Crippen LogP contribution in [0.4, 0.5) is 10.1 Å². The van der Waals surface area contributed by atoms with Crippen molar-refractivity contribution in [3.63, 3.8) is 0 Å². The molecule has 2 aromatic heterocycles. The van der Waals surface area contributed by atoms with E-state index in [2.05, 4.69) is 32.5 Å². The molecule has 1 aliphatic carbocycles. The molecule has 1 amide bonds. The Kier molecular flexibility index (Phi) is 5.24. The maximum absolute atomic E-state index is 13.5. The quantitative estimate of drug-likeness (QED) is 0.479. The molecule has 0 spiro atoms. The van der Waals surface area contributed by atoms with Gasteiger partial charge >= 0.3 is 0 Å². The maximum Gasteiger partial charge on any atom is 0.255 e. The highest BCUT2D eigenvalue weighted by molar-refractivity contribution is 6.14. The van der Waals surface area contributed by atoms with Crippen LogP contribution in [-0.4, -0.2) is 39.2 Å². The minimum atomic E-state index is -0.391. The molecule has 4 N–H and O–H groups in total. The Morgan fingerprint density at radius 1 is 1.23 bits per heavy atom. The number of aromatic nitrogens is 3.